The lowest BCUT2D eigenvalue weighted by atomic mass is 10.1. The number of fused-ring (bicyclic) bond motifs is 1. The Morgan fingerprint density at radius 2 is 1.88 bits per heavy atom. The van der Waals surface area contributed by atoms with Gasteiger partial charge in [0.25, 0.3) is 0 Å². The fourth-order valence-electron chi connectivity index (χ4n) is 1.88. The second-order valence-corrected chi connectivity index (χ2v) is 5.46. The largest absolute Gasteiger partial charge is 0.222 e. The summed E-state index contributed by atoms with van der Waals surface area (Å²) < 4.78 is 1.90. The van der Waals surface area contributed by atoms with Crippen molar-refractivity contribution in [2.75, 3.05) is 0 Å². The summed E-state index contributed by atoms with van der Waals surface area (Å²) in [5.74, 6) is 0. The first kappa shape index (κ1) is 10.7. The van der Waals surface area contributed by atoms with Crippen LogP contribution in [0.4, 0.5) is 0 Å². The van der Waals surface area contributed by atoms with Crippen molar-refractivity contribution >= 4 is 27.9 Å². The molecule has 5 heteroatoms. The van der Waals surface area contributed by atoms with E-state index in [4.69, 9.17) is 11.6 Å². The van der Waals surface area contributed by atoms with Crippen LogP contribution >= 0.6 is 22.9 Å². The van der Waals surface area contributed by atoms with Crippen LogP contribution < -0.4 is 0 Å². The summed E-state index contributed by atoms with van der Waals surface area (Å²) in [6.45, 7) is 3.99. The normalized spacial score (nSPS) is 11.2. The molecule has 0 radical (unpaired) electrons. The maximum Gasteiger partial charge on any atom is 0.212 e. The third kappa shape index (κ3) is 1.73. The van der Waals surface area contributed by atoms with Crippen molar-refractivity contribution in [1.29, 1.82) is 0 Å². The van der Waals surface area contributed by atoms with E-state index in [0.717, 1.165) is 31.9 Å². The van der Waals surface area contributed by atoms with Gasteiger partial charge in [0.1, 0.15) is 5.01 Å². The third-order valence-corrected chi connectivity index (χ3v) is 3.67. The maximum atomic E-state index is 5.90. The van der Waals surface area contributed by atoms with Crippen molar-refractivity contribution in [2.24, 2.45) is 0 Å². The number of halogens is 1. The monoisotopic (exact) mass is 263 g/mol. The molecule has 2 heterocycles. The van der Waals surface area contributed by atoms with Gasteiger partial charge < -0.3 is 0 Å². The molecule has 3 aromatic rings. The number of nitrogens with zero attached hydrogens (tertiary/aromatic N) is 3. The van der Waals surface area contributed by atoms with Crippen LogP contribution in [0.15, 0.2) is 24.3 Å². The lowest BCUT2D eigenvalue weighted by molar-refractivity contribution is 0.951. The van der Waals surface area contributed by atoms with Gasteiger partial charge in [-0.05, 0) is 26.0 Å². The molecule has 0 unspecified atom stereocenters. The molecule has 3 rings (SSSR count). The number of benzene rings is 1. The lowest BCUT2D eigenvalue weighted by Crippen LogP contribution is -1.90. The lowest BCUT2D eigenvalue weighted by Gasteiger charge is -2.00. The quantitative estimate of drug-likeness (QED) is 0.670. The predicted octanol–water partition coefficient (Wildman–Crippen LogP) is 3.73. The molecule has 86 valence electrons. The zero-order chi connectivity index (χ0) is 12.0. The van der Waals surface area contributed by atoms with E-state index in [-0.39, 0.29) is 0 Å². The molecule has 0 saturated heterocycles. The van der Waals surface area contributed by atoms with Gasteiger partial charge in [0.05, 0.1) is 11.4 Å². The highest BCUT2D eigenvalue weighted by molar-refractivity contribution is 7.16. The van der Waals surface area contributed by atoms with Gasteiger partial charge in [-0.1, -0.05) is 35.1 Å². The highest BCUT2D eigenvalue weighted by atomic mass is 35.5. The minimum atomic E-state index is 0.738. The molecule has 0 amide bonds. The van der Waals surface area contributed by atoms with Gasteiger partial charge in [-0.2, -0.15) is 5.10 Å². The van der Waals surface area contributed by atoms with Crippen LogP contribution in [0, 0.1) is 13.8 Å². The van der Waals surface area contributed by atoms with Crippen LogP contribution in [-0.2, 0) is 0 Å². The highest BCUT2D eigenvalue weighted by Gasteiger charge is 2.13. The SMILES string of the molecule is Cc1nn2c(-c3ccc(Cl)cc3)c(C)nc2s1. The minimum Gasteiger partial charge on any atom is -0.222 e. The summed E-state index contributed by atoms with van der Waals surface area (Å²) in [4.78, 5) is 5.45. The van der Waals surface area contributed by atoms with Crippen LogP contribution in [0.5, 0.6) is 0 Å². The van der Waals surface area contributed by atoms with Gasteiger partial charge in [0.15, 0.2) is 0 Å². The molecule has 0 fully saturated rings. The highest BCUT2D eigenvalue weighted by Crippen LogP contribution is 2.27. The average molecular weight is 264 g/mol. The first-order valence-electron chi connectivity index (χ1n) is 5.24. The number of imidazole rings is 1. The molecule has 0 N–H and O–H groups in total. The van der Waals surface area contributed by atoms with E-state index in [2.05, 4.69) is 10.1 Å². The Bertz CT molecular complexity index is 682. The van der Waals surface area contributed by atoms with Crippen molar-refractivity contribution in [3.05, 3.63) is 40.0 Å². The van der Waals surface area contributed by atoms with Gasteiger partial charge in [0.2, 0.25) is 4.96 Å². The summed E-state index contributed by atoms with van der Waals surface area (Å²) in [6.07, 6.45) is 0. The smallest absolute Gasteiger partial charge is 0.212 e. The van der Waals surface area contributed by atoms with E-state index >= 15 is 0 Å². The van der Waals surface area contributed by atoms with Crippen LogP contribution in [0.1, 0.15) is 10.7 Å². The zero-order valence-electron chi connectivity index (χ0n) is 9.44. The van der Waals surface area contributed by atoms with Gasteiger partial charge in [-0.3, -0.25) is 0 Å². The Labute approximate surface area is 108 Å². The van der Waals surface area contributed by atoms with Crippen molar-refractivity contribution in [1.82, 2.24) is 14.6 Å². The van der Waals surface area contributed by atoms with Gasteiger partial charge in [-0.15, -0.1) is 0 Å². The number of aryl methyl sites for hydroxylation is 2. The van der Waals surface area contributed by atoms with E-state index in [9.17, 15) is 0 Å². The van der Waals surface area contributed by atoms with Crippen molar-refractivity contribution in [2.45, 2.75) is 13.8 Å². The Morgan fingerprint density at radius 1 is 1.18 bits per heavy atom. The topological polar surface area (TPSA) is 30.2 Å². The van der Waals surface area contributed by atoms with E-state index in [1.165, 1.54) is 0 Å². The predicted molar refractivity (Wildman–Crippen MR) is 70.8 cm³/mol. The van der Waals surface area contributed by atoms with E-state index < -0.39 is 0 Å². The number of hydrogen-bond donors (Lipinski definition) is 0. The average Bonchev–Trinajstić information content (AvgIpc) is 2.75. The number of rotatable bonds is 1. The van der Waals surface area contributed by atoms with Crippen molar-refractivity contribution in [3.8, 4) is 11.3 Å². The van der Waals surface area contributed by atoms with Gasteiger partial charge in [0, 0.05) is 10.6 Å². The molecule has 1 aromatic carbocycles. The number of aromatic nitrogens is 3. The second kappa shape index (κ2) is 3.82. The molecule has 3 nitrogen and oxygen atoms in total. The molecule has 2 aromatic heterocycles. The molecule has 0 aliphatic heterocycles. The van der Waals surface area contributed by atoms with Crippen LogP contribution in [0.3, 0.4) is 0 Å². The maximum absolute atomic E-state index is 5.90. The molecular weight excluding hydrogens is 254 g/mol. The number of hydrogen-bond acceptors (Lipinski definition) is 3. The van der Waals surface area contributed by atoms with Crippen molar-refractivity contribution < 1.29 is 0 Å². The summed E-state index contributed by atoms with van der Waals surface area (Å²) in [5.41, 5.74) is 3.12. The van der Waals surface area contributed by atoms with Crippen molar-refractivity contribution in [3.63, 3.8) is 0 Å². The fraction of sp³-hybridized carbons (Fsp3) is 0.167. The molecule has 0 aliphatic carbocycles. The molecular formula is C12H10ClN3S. The first-order valence-corrected chi connectivity index (χ1v) is 6.43. The molecule has 0 bridgehead atoms. The second-order valence-electron chi connectivity index (χ2n) is 3.87. The summed E-state index contributed by atoms with van der Waals surface area (Å²) in [5, 5.41) is 6.23. The molecule has 17 heavy (non-hydrogen) atoms. The van der Waals surface area contributed by atoms with E-state index in [1.54, 1.807) is 11.3 Å². The van der Waals surface area contributed by atoms with Crippen LogP contribution in [0.2, 0.25) is 5.02 Å². The Kier molecular flexibility index (Phi) is 2.42. The van der Waals surface area contributed by atoms with Crippen LogP contribution in [-0.4, -0.2) is 14.6 Å². The molecule has 0 spiro atoms. The zero-order valence-corrected chi connectivity index (χ0v) is 11.0. The molecule has 0 aliphatic rings. The fourth-order valence-corrected chi connectivity index (χ4v) is 2.80. The standard InChI is InChI=1S/C12H10ClN3S/c1-7-11(9-3-5-10(13)6-4-9)16-12(14-7)17-8(2)15-16/h3-6H,1-2H3. The first-order chi connectivity index (χ1) is 8.15. The Hall–Kier alpha value is -1.39. The Morgan fingerprint density at radius 3 is 2.59 bits per heavy atom. The molecule has 0 atom stereocenters. The third-order valence-electron chi connectivity index (χ3n) is 2.60. The minimum absolute atomic E-state index is 0.738. The van der Waals surface area contributed by atoms with Gasteiger partial charge >= 0.3 is 0 Å². The molecule has 0 saturated carbocycles. The van der Waals surface area contributed by atoms with Gasteiger partial charge in [-0.25, -0.2) is 9.50 Å². The van der Waals surface area contributed by atoms with E-state index in [1.807, 2.05) is 42.6 Å². The van der Waals surface area contributed by atoms with Crippen LogP contribution in [0.25, 0.3) is 16.2 Å². The summed E-state index contributed by atoms with van der Waals surface area (Å²) in [6, 6.07) is 7.75. The summed E-state index contributed by atoms with van der Waals surface area (Å²) in [7, 11) is 0. The van der Waals surface area contributed by atoms with E-state index in [0.29, 0.717) is 0 Å². The Balaban J connectivity index is 2.28. The summed E-state index contributed by atoms with van der Waals surface area (Å²) >= 11 is 7.50.